The second-order valence-electron chi connectivity index (χ2n) is 6.36. The highest BCUT2D eigenvalue weighted by Gasteiger charge is 2.23. The van der Waals surface area contributed by atoms with E-state index in [1.165, 1.54) is 0 Å². The van der Waals surface area contributed by atoms with Crippen molar-refractivity contribution in [1.29, 1.82) is 0 Å². The monoisotopic (exact) mass is 360 g/mol. The molecule has 136 valence electrons. The number of para-hydroxylation sites is 1. The van der Waals surface area contributed by atoms with Crippen LogP contribution in [0.1, 0.15) is 23.0 Å². The second-order valence-corrected chi connectivity index (χ2v) is 6.36. The van der Waals surface area contributed by atoms with Gasteiger partial charge in [0.1, 0.15) is 11.3 Å². The van der Waals surface area contributed by atoms with E-state index in [-0.39, 0.29) is 0 Å². The van der Waals surface area contributed by atoms with E-state index in [1.807, 2.05) is 68.6 Å². The molecule has 0 atom stereocenters. The van der Waals surface area contributed by atoms with Crippen molar-refractivity contribution >= 4 is 16.9 Å². The van der Waals surface area contributed by atoms with Gasteiger partial charge >= 0.3 is 5.97 Å². The van der Waals surface area contributed by atoms with Crippen molar-refractivity contribution in [3.8, 4) is 22.6 Å². The third kappa shape index (κ3) is 2.91. The summed E-state index contributed by atoms with van der Waals surface area (Å²) in [6.45, 7) is 4.00. The molecule has 0 aliphatic rings. The van der Waals surface area contributed by atoms with Crippen LogP contribution < -0.4 is 0 Å². The predicted molar refractivity (Wildman–Crippen MR) is 105 cm³/mol. The summed E-state index contributed by atoms with van der Waals surface area (Å²) in [5, 5.41) is 5.45. The predicted octanol–water partition coefficient (Wildman–Crippen LogP) is 4.99. The fourth-order valence-corrected chi connectivity index (χ4v) is 3.42. The number of carbonyl (C=O) groups is 1. The standard InChI is InChI=1S/C22H20N2O3/c1-4-26-22(25)20-14(2)21(24(3)23-20)17-11-7-6-10-16(17)19-13-15-9-5-8-12-18(15)27-19/h5-13H,4H2,1-3H3. The number of fused-ring (bicyclic) bond motifs is 1. The first-order valence-electron chi connectivity index (χ1n) is 8.89. The maximum atomic E-state index is 12.2. The van der Waals surface area contributed by atoms with E-state index >= 15 is 0 Å². The number of aromatic nitrogens is 2. The minimum absolute atomic E-state index is 0.319. The SMILES string of the molecule is CCOC(=O)c1nn(C)c(-c2ccccc2-c2cc3ccccc3o2)c1C. The van der Waals surface area contributed by atoms with Gasteiger partial charge in [0.15, 0.2) is 5.69 Å². The zero-order valence-corrected chi connectivity index (χ0v) is 15.5. The van der Waals surface area contributed by atoms with Crippen LogP contribution in [0.5, 0.6) is 0 Å². The van der Waals surface area contributed by atoms with Gasteiger partial charge in [-0.25, -0.2) is 4.79 Å². The van der Waals surface area contributed by atoms with Gasteiger partial charge in [0.2, 0.25) is 0 Å². The summed E-state index contributed by atoms with van der Waals surface area (Å²) in [6.07, 6.45) is 0. The topological polar surface area (TPSA) is 57.3 Å². The Balaban J connectivity index is 1.88. The number of esters is 1. The molecule has 2 aromatic heterocycles. The van der Waals surface area contributed by atoms with Gasteiger partial charge in [-0.2, -0.15) is 5.10 Å². The van der Waals surface area contributed by atoms with E-state index in [1.54, 1.807) is 11.6 Å². The molecule has 0 saturated carbocycles. The van der Waals surface area contributed by atoms with Crippen LogP contribution in [0.4, 0.5) is 0 Å². The number of ether oxygens (including phenoxy) is 1. The maximum absolute atomic E-state index is 12.2. The number of furan rings is 1. The average Bonchev–Trinajstić information content (AvgIpc) is 3.22. The molecular weight excluding hydrogens is 340 g/mol. The van der Waals surface area contributed by atoms with Crippen LogP contribution in [-0.2, 0) is 11.8 Å². The van der Waals surface area contributed by atoms with Crippen molar-refractivity contribution in [2.75, 3.05) is 6.61 Å². The second kappa shape index (κ2) is 6.76. The lowest BCUT2D eigenvalue weighted by Gasteiger charge is -2.09. The first-order chi connectivity index (χ1) is 13.1. The molecule has 0 N–H and O–H groups in total. The molecule has 5 heteroatoms. The van der Waals surface area contributed by atoms with Crippen molar-refractivity contribution in [1.82, 2.24) is 9.78 Å². The number of nitrogens with zero attached hydrogens (tertiary/aromatic N) is 2. The molecule has 0 radical (unpaired) electrons. The Morgan fingerprint density at radius 2 is 1.81 bits per heavy atom. The number of hydrogen-bond donors (Lipinski definition) is 0. The highest BCUT2D eigenvalue weighted by Crippen LogP contribution is 2.37. The molecule has 0 saturated heterocycles. The van der Waals surface area contributed by atoms with Crippen LogP contribution in [0, 0.1) is 6.92 Å². The molecule has 0 fully saturated rings. The van der Waals surface area contributed by atoms with Crippen molar-refractivity contribution in [2.45, 2.75) is 13.8 Å². The molecule has 0 aliphatic heterocycles. The molecule has 4 aromatic rings. The molecule has 0 bridgehead atoms. The zero-order valence-electron chi connectivity index (χ0n) is 15.5. The van der Waals surface area contributed by atoms with Crippen LogP contribution in [0.15, 0.2) is 59.0 Å². The lowest BCUT2D eigenvalue weighted by atomic mass is 9.99. The van der Waals surface area contributed by atoms with Gasteiger partial charge in [-0.1, -0.05) is 42.5 Å². The molecule has 0 spiro atoms. The van der Waals surface area contributed by atoms with Crippen molar-refractivity contribution in [3.05, 3.63) is 65.9 Å². The molecular formula is C22H20N2O3. The van der Waals surface area contributed by atoms with Gasteiger partial charge in [-0.05, 0) is 26.0 Å². The van der Waals surface area contributed by atoms with Crippen LogP contribution in [0.2, 0.25) is 0 Å². The summed E-state index contributed by atoms with van der Waals surface area (Å²) < 4.78 is 12.9. The Kier molecular flexibility index (Phi) is 4.28. The molecule has 27 heavy (non-hydrogen) atoms. The van der Waals surface area contributed by atoms with Gasteiger partial charge < -0.3 is 9.15 Å². The Morgan fingerprint density at radius 3 is 2.56 bits per heavy atom. The molecule has 2 aromatic carbocycles. The highest BCUT2D eigenvalue weighted by molar-refractivity contribution is 5.93. The fourth-order valence-electron chi connectivity index (χ4n) is 3.42. The number of hydrogen-bond acceptors (Lipinski definition) is 4. The summed E-state index contributed by atoms with van der Waals surface area (Å²) in [6, 6.07) is 17.9. The largest absolute Gasteiger partial charge is 0.461 e. The summed E-state index contributed by atoms with van der Waals surface area (Å²) in [5.74, 6) is 0.378. The molecule has 0 unspecified atom stereocenters. The van der Waals surface area contributed by atoms with Crippen LogP contribution >= 0.6 is 0 Å². The minimum atomic E-state index is -0.405. The van der Waals surface area contributed by atoms with E-state index in [2.05, 4.69) is 5.10 Å². The Bertz CT molecular complexity index is 1100. The maximum Gasteiger partial charge on any atom is 0.359 e. The molecule has 4 rings (SSSR count). The van der Waals surface area contributed by atoms with Gasteiger partial charge in [-0.15, -0.1) is 0 Å². The minimum Gasteiger partial charge on any atom is -0.461 e. The third-order valence-corrected chi connectivity index (χ3v) is 4.63. The van der Waals surface area contributed by atoms with Crippen molar-refractivity contribution in [2.24, 2.45) is 7.05 Å². The van der Waals surface area contributed by atoms with E-state index in [9.17, 15) is 4.79 Å². The summed E-state index contributed by atoms with van der Waals surface area (Å²) in [4.78, 5) is 12.2. The van der Waals surface area contributed by atoms with Gasteiger partial charge in [0.25, 0.3) is 0 Å². The Morgan fingerprint density at radius 1 is 1.11 bits per heavy atom. The Labute approximate surface area is 157 Å². The molecule has 2 heterocycles. The van der Waals surface area contributed by atoms with Crippen LogP contribution in [0.3, 0.4) is 0 Å². The normalized spacial score (nSPS) is 11.1. The summed E-state index contributed by atoms with van der Waals surface area (Å²) in [7, 11) is 1.83. The number of rotatable bonds is 4. The fraction of sp³-hybridized carbons (Fsp3) is 0.182. The van der Waals surface area contributed by atoms with Gasteiger partial charge in [0.05, 0.1) is 12.3 Å². The number of benzene rings is 2. The first-order valence-corrected chi connectivity index (χ1v) is 8.89. The highest BCUT2D eigenvalue weighted by atomic mass is 16.5. The third-order valence-electron chi connectivity index (χ3n) is 4.63. The van der Waals surface area contributed by atoms with Crippen LogP contribution in [-0.4, -0.2) is 22.4 Å². The molecule has 5 nitrogen and oxygen atoms in total. The quantitative estimate of drug-likeness (QED) is 0.481. The van der Waals surface area contributed by atoms with E-state index < -0.39 is 5.97 Å². The van der Waals surface area contributed by atoms with E-state index in [0.717, 1.165) is 39.1 Å². The zero-order chi connectivity index (χ0) is 19.0. The smallest absolute Gasteiger partial charge is 0.359 e. The lowest BCUT2D eigenvalue weighted by Crippen LogP contribution is -2.07. The van der Waals surface area contributed by atoms with E-state index in [4.69, 9.17) is 9.15 Å². The van der Waals surface area contributed by atoms with Gasteiger partial charge in [0, 0.05) is 29.1 Å². The number of aryl methyl sites for hydroxylation is 1. The van der Waals surface area contributed by atoms with Crippen LogP contribution in [0.25, 0.3) is 33.6 Å². The average molecular weight is 360 g/mol. The lowest BCUT2D eigenvalue weighted by molar-refractivity contribution is 0.0517. The first kappa shape index (κ1) is 17.1. The number of carbonyl (C=O) groups excluding carboxylic acids is 1. The summed E-state index contributed by atoms with van der Waals surface area (Å²) in [5.41, 5.74) is 4.76. The molecule has 0 aliphatic carbocycles. The van der Waals surface area contributed by atoms with Gasteiger partial charge in [-0.3, -0.25) is 4.68 Å². The Hall–Kier alpha value is -3.34. The molecule has 0 amide bonds. The summed E-state index contributed by atoms with van der Waals surface area (Å²) >= 11 is 0. The van der Waals surface area contributed by atoms with Crippen molar-refractivity contribution in [3.63, 3.8) is 0 Å². The van der Waals surface area contributed by atoms with E-state index in [0.29, 0.717) is 12.3 Å². The van der Waals surface area contributed by atoms with Crippen molar-refractivity contribution < 1.29 is 13.9 Å².